The van der Waals surface area contributed by atoms with Crippen LogP contribution in [0.2, 0.25) is 0 Å². The van der Waals surface area contributed by atoms with Crippen molar-refractivity contribution in [3.8, 4) is 0 Å². The summed E-state index contributed by atoms with van der Waals surface area (Å²) in [5, 5.41) is 2.26. The molecule has 0 amide bonds. The maximum Gasteiger partial charge on any atom is 0.152 e. The molecule has 0 aliphatic carbocycles. The van der Waals surface area contributed by atoms with Crippen molar-refractivity contribution in [3.63, 3.8) is 0 Å². The summed E-state index contributed by atoms with van der Waals surface area (Å²) in [6, 6.07) is 8.69. The van der Waals surface area contributed by atoms with E-state index in [1.54, 1.807) is 6.92 Å². The minimum atomic E-state index is 0.249. The highest BCUT2D eigenvalue weighted by molar-refractivity contribution is 5.75. The average molecular weight is 277 g/mol. The van der Waals surface area contributed by atoms with Gasteiger partial charge in [0.05, 0.1) is 13.2 Å². The molecule has 0 unspecified atom stereocenters. The van der Waals surface area contributed by atoms with Crippen molar-refractivity contribution in [2.45, 2.75) is 19.8 Å². The number of quaternary nitrogens is 1. The summed E-state index contributed by atoms with van der Waals surface area (Å²) in [7, 11) is 4.24. The predicted octanol–water partition coefficient (Wildman–Crippen LogP) is 2.02. The molecule has 1 aliphatic rings. The monoisotopic (exact) mass is 277 g/mol. The maximum absolute atomic E-state index is 11.0. The summed E-state index contributed by atoms with van der Waals surface area (Å²) in [6.07, 6.45) is 1.46. The number of carbonyl (C=O) groups excluding carboxylic acids is 1. The van der Waals surface area contributed by atoms with Crippen molar-refractivity contribution in [1.82, 2.24) is 9.60 Å². The predicted molar refractivity (Wildman–Crippen MR) is 81.5 cm³/mol. The van der Waals surface area contributed by atoms with Gasteiger partial charge in [-0.3, -0.25) is 0 Å². The van der Waals surface area contributed by atoms with E-state index in [2.05, 4.69) is 43.4 Å². The van der Waals surface area contributed by atoms with Crippen LogP contribution >= 0.6 is 0 Å². The molecule has 110 valence electrons. The third-order valence-electron chi connectivity index (χ3n) is 4.16. The Morgan fingerprint density at radius 2 is 1.80 bits per heavy atom. The molecular weight excluding hydrogens is 252 g/mol. The van der Waals surface area contributed by atoms with Gasteiger partial charge in [0.25, 0.3) is 0 Å². The molecule has 1 aromatic carbocycles. The van der Waals surface area contributed by atoms with Gasteiger partial charge in [-0.25, -0.2) is 4.59 Å². The van der Waals surface area contributed by atoms with E-state index in [0.29, 0.717) is 6.42 Å². The lowest BCUT2D eigenvalue weighted by Gasteiger charge is -2.44. The van der Waals surface area contributed by atoms with Crippen LogP contribution in [0.3, 0.4) is 0 Å². The summed E-state index contributed by atoms with van der Waals surface area (Å²) in [6.45, 7) is 5.18. The van der Waals surface area contributed by atoms with Crippen molar-refractivity contribution in [1.29, 1.82) is 0 Å². The molecule has 0 N–H and O–H groups in total. The van der Waals surface area contributed by atoms with E-state index in [4.69, 9.17) is 4.74 Å². The molecule has 4 heteroatoms. The molecule has 1 aromatic rings. The van der Waals surface area contributed by atoms with E-state index in [-0.39, 0.29) is 5.78 Å². The molecule has 1 fully saturated rings. The zero-order valence-corrected chi connectivity index (χ0v) is 12.8. The van der Waals surface area contributed by atoms with Gasteiger partial charge in [-0.05, 0) is 18.9 Å². The Balaban J connectivity index is 2.16. The third-order valence-corrected chi connectivity index (χ3v) is 4.16. The average Bonchev–Trinajstić information content (AvgIpc) is 2.46. The van der Waals surface area contributed by atoms with Crippen LogP contribution in [-0.4, -0.2) is 51.2 Å². The van der Waals surface area contributed by atoms with E-state index in [1.165, 1.54) is 11.3 Å². The Kier molecular flexibility index (Phi) is 4.91. The van der Waals surface area contributed by atoms with Gasteiger partial charge in [0.2, 0.25) is 0 Å². The number of rotatable bonds is 5. The van der Waals surface area contributed by atoms with Crippen molar-refractivity contribution < 1.29 is 9.53 Å². The minimum absolute atomic E-state index is 0.249. The van der Waals surface area contributed by atoms with Crippen molar-refractivity contribution in [2.24, 2.45) is 0 Å². The first-order valence-corrected chi connectivity index (χ1v) is 7.26. The first-order valence-electron chi connectivity index (χ1n) is 7.26. The standard InChI is InChI=1S/C16H25N2O2/c1-14(19)4-5-15-6-8-16(9-7-15)18(17(2)3)10-12-20-13-11-18/h6-9H,4-5,10-13H2,1-3H3/q+1. The van der Waals surface area contributed by atoms with E-state index in [1.807, 2.05) is 0 Å². The maximum atomic E-state index is 11.0. The Morgan fingerprint density at radius 3 is 2.30 bits per heavy atom. The molecule has 1 saturated heterocycles. The molecule has 2 rings (SSSR count). The first kappa shape index (κ1) is 15.2. The van der Waals surface area contributed by atoms with E-state index in [9.17, 15) is 4.79 Å². The zero-order valence-electron chi connectivity index (χ0n) is 12.8. The zero-order chi connectivity index (χ0) is 14.6. The van der Waals surface area contributed by atoms with Crippen LogP contribution < -0.4 is 4.59 Å². The van der Waals surface area contributed by atoms with E-state index in [0.717, 1.165) is 37.3 Å². The fourth-order valence-corrected chi connectivity index (χ4v) is 2.79. The van der Waals surface area contributed by atoms with Crippen molar-refractivity contribution in [3.05, 3.63) is 29.8 Å². The smallest absolute Gasteiger partial charge is 0.152 e. The van der Waals surface area contributed by atoms with Crippen LogP contribution in [0.15, 0.2) is 24.3 Å². The molecule has 1 heterocycles. The highest BCUT2D eigenvalue weighted by atomic mass is 16.5. The van der Waals surface area contributed by atoms with Crippen LogP contribution in [0.4, 0.5) is 5.69 Å². The van der Waals surface area contributed by atoms with Gasteiger partial charge in [-0.1, -0.05) is 12.1 Å². The summed E-state index contributed by atoms with van der Waals surface area (Å²) in [5.74, 6) is 0.249. The summed E-state index contributed by atoms with van der Waals surface area (Å²) >= 11 is 0. The number of carbonyl (C=O) groups is 1. The number of ether oxygens (including phenoxy) is 1. The van der Waals surface area contributed by atoms with Crippen molar-refractivity contribution in [2.75, 3.05) is 40.4 Å². The number of hydrogen-bond acceptors (Lipinski definition) is 3. The number of benzene rings is 1. The lowest BCUT2D eigenvalue weighted by atomic mass is 10.1. The van der Waals surface area contributed by atoms with Gasteiger partial charge in [0.15, 0.2) is 5.69 Å². The second-order valence-electron chi connectivity index (χ2n) is 5.70. The Labute approximate surface area is 121 Å². The number of nitrogens with zero attached hydrogens (tertiary/aromatic N) is 2. The van der Waals surface area contributed by atoms with Crippen LogP contribution in [0.25, 0.3) is 0 Å². The second-order valence-corrected chi connectivity index (χ2v) is 5.70. The summed E-state index contributed by atoms with van der Waals surface area (Å²) in [5.41, 5.74) is 2.53. The number of Topliss-reactive ketones (excluding diaryl/α,β-unsaturated/α-hetero) is 1. The van der Waals surface area contributed by atoms with Crippen LogP contribution in [0.5, 0.6) is 0 Å². The highest BCUT2D eigenvalue weighted by Crippen LogP contribution is 2.26. The lowest BCUT2D eigenvalue weighted by Crippen LogP contribution is -2.63. The summed E-state index contributed by atoms with van der Waals surface area (Å²) < 4.78 is 6.35. The number of hydrogen-bond donors (Lipinski definition) is 0. The van der Waals surface area contributed by atoms with Gasteiger partial charge in [-0.15, -0.1) is 0 Å². The molecule has 0 radical (unpaired) electrons. The highest BCUT2D eigenvalue weighted by Gasteiger charge is 2.36. The molecule has 0 spiro atoms. The summed E-state index contributed by atoms with van der Waals surface area (Å²) in [4.78, 5) is 11.0. The number of aryl methyl sites for hydroxylation is 1. The van der Waals surface area contributed by atoms with Gasteiger partial charge < -0.3 is 9.53 Å². The quantitative estimate of drug-likeness (QED) is 0.771. The minimum Gasteiger partial charge on any atom is -0.370 e. The lowest BCUT2D eigenvalue weighted by molar-refractivity contribution is -0.116. The molecular formula is C16H25N2O2+. The molecule has 0 atom stereocenters. The normalized spacial score (nSPS) is 18.2. The Bertz CT molecular complexity index is 448. The first-order chi connectivity index (χ1) is 9.54. The Hall–Kier alpha value is -1.23. The molecule has 1 aliphatic heterocycles. The second kappa shape index (κ2) is 6.48. The SMILES string of the molecule is CC(=O)CCc1ccc([N+]2(N(C)C)CCOCC2)cc1. The van der Waals surface area contributed by atoms with Crippen LogP contribution in [0, 0.1) is 0 Å². The third kappa shape index (κ3) is 3.26. The van der Waals surface area contributed by atoms with Crippen LogP contribution in [-0.2, 0) is 16.0 Å². The van der Waals surface area contributed by atoms with Gasteiger partial charge >= 0.3 is 0 Å². The van der Waals surface area contributed by atoms with Gasteiger partial charge in [-0.2, -0.15) is 5.01 Å². The molecule has 4 nitrogen and oxygen atoms in total. The molecule has 20 heavy (non-hydrogen) atoms. The van der Waals surface area contributed by atoms with Crippen LogP contribution in [0.1, 0.15) is 18.9 Å². The fraction of sp³-hybridized carbons (Fsp3) is 0.562. The molecule has 0 saturated carbocycles. The molecule has 0 aromatic heterocycles. The van der Waals surface area contributed by atoms with E-state index >= 15 is 0 Å². The molecule has 0 bridgehead atoms. The topological polar surface area (TPSA) is 29.5 Å². The Morgan fingerprint density at radius 1 is 1.20 bits per heavy atom. The fourth-order valence-electron chi connectivity index (χ4n) is 2.79. The number of ketones is 1. The van der Waals surface area contributed by atoms with Gasteiger partial charge in [0, 0.05) is 32.6 Å². The van der Waals surface area contributed by atoms with Crippen molar-refractivity contribution >= 4 is 11.5 Å². The largest absolute Gasteiger partial charge is 0.370 e. The van der Waals surface area contributed by atoms with Gasteiger partial charge in [0.1, 0.15) is 18.9 Å². The number of morpholine rings is 1. The van der Waals surface area contributed by atoms with E-state index < -0.39 is 0 Å².